The molecule has 1 aliphatic rings. The van der Waals surface area contributed by atoms with Crippen molar-refractivity contribution in [2.45, 2.75) is 25.7 Å². The van der Waals surface area contributed by atoms with Crippen LogP contribution in [0.15, 0.2) is 18.2 Å². The van der Waals surface area contributed by atoms with Crippen molar-refractivity contribution in [1.82, 2.24) is 4.90 Å². The molecule has 0 aliphatic carbocycles. The molecule has 2 nitrogen and oxygen atoms in total. The summed E-state index contributed by atoms with van der Waals surface area (Å²) in [5.74, 6) is -0.106. The van der Waals surface area contributed by atoms with Gasteiger partial charge in [0.15, 0.2) is 6.29 Å². The number of carbonyl (C=O) groups is 1. The van der Waals surface area contributed by atoms with Gasteiger partial charge in [0.1, 0.15) is 5.82 Å². The molecule has 92 valence electrons. The number of hydrogen-bond donors (Lipinski definition) is 0. The summed E-state index contributed by atoms with van der Waals surface area (Å²) in [6.45, 7) is 5.19. The Labute approximate surface area is 101 Å². The smallest absolute Gasteiger partial charge is 0.153 e. The number of carbonyl (C=O) groups excluding carboxylic acids is 1. The van der Waals surface area contributed by atoms with Gasteiger partial charge in [-0.2, -0.15) is 0 Å². The molecule has 1 fully saturated rings. The molecule has 0 saturated carbocycles. The van der Waals surface area contributed by atoms with E-state index in [2.05, 4.69) is 11.8 Å². The molecule has 3 heteroatoms. The SMILES string of the molecule is CCN1CCCC(c2cccc(F)c2C=O)C1. The molecular formula is C14H18FNO. The van der Waals surface area contributed by atoms with Gasteiger partial charge in [-0.05, 0) is 43.5 Å². The van der Waals surface area contributed by atoms with Crippen LogP contribution in [0.3, 0.4) is 0 Å². The van der Waals surface area contributed by atoms with Gasteiger partial charge in [-0.1, -0.05) is 19.1 Å². The van der Waals surface area contributed by atoms with Gasteiger partial charge in [0.2, 0.25) is 0 Å². The van der Waals surface area contributed by atoms with E-state index < -0.39 is 5.82 Å². The molecule has 2 rings (SSSR count). The monoisotopic (exact) mass is 235 g/mol. The number of likely N-dealkylation sites (N-methyl/N-ethyl adjacent to an activating group) is 1. The molecule has 17 heavy (non-hydrogen) atoms. The zero-order valence-electron chi connectivity index (χ0n) is 10.2. The third-order valence-corrected chi connectivity index (χ3v) is 3.60. The molecule has 1 unspecified atom stereocenters. The van der Waals surface area contributed by atoms with Crippen molar-refractivity contribution < 1.29 is 9.18 Å². The lowest BCUT2D eigenvalue weighted by Crippen LogP contribution is -2.34. The standard InChI is InChI=1S/C14H18FNO/c1-2-16-8-4-5-11(9-16)12-6-3-7-14(15)13(12)10-17/h3,6-7,10-11H,2,4-5,8-9H2,1H3. The fourth-order valence-corrected chi connectivity index (χ4v) is 2.63. The Kier molecular flexibility index (Phi) is 3.89. The van der Waals surface area contributed by atoms with Gasteiger partial charge in [0.25, 0.3) is 0 Å². The Morgan fingerprint density at radius 2 is 2.35 bits per heavy atom. The van der Waals surface area contributed by atoms with Crippen LogP contribution in [0.5, 0.6) is 0 Å². The second kappa shape index (κ2) is 5.41. The maximum Gasteiger partial charge on any atom is 0.153 e. The maximum atomic E-state index is 13.5. The van der Waals surface area contributed by atoms with E-state index in [1.165, 1.54) is 6.07 Å². The zero-order valence-corrected chi connectivity index (χ0v) is 10.2. The summed E-state index contributed by atoms with van der Waals surface area (Å²) in [4.78, 5) is 13.3. The molecule has 1 saturated heterocycles. The van der Waals surface area contributed by atoms with Gasteiger partial charge in [0, 0.05) is 6.54 Å². The topological polar surface area (TPSA) is 20.3 Å². The number of piperidine rings is 1. The first-order chi connectivity index (χ1) is 8.26. The Hall–Kier alpha value is -1.22. The van der Waals surface area contributed by atoms with Crippen molar-refractivity contribution in [2.24, 2.45) is 0 Å². The van der Waals surface area contributed by atoms with E-state index in [1.807, 2.05) is 6.07 Å². The summed E-state index contributed by atoms with van der Waals surface area (Å²) in [6, 6.07) is 4.94. The van der Waals surface area contributed by atoms with Crippen molar-refractivity contribution in [3.63, 3.8) is 0 Å². The van der Waals surface area contributed by atoms with Gasteiger partial charge >= 0.3 is 0 Å². The number of rotatable bonds is 3. The van der Waals surface area contributed by atoms with E-state index in [1.54, 1.807) is 6.07 Å². The Bertz CT molecular complexity index is 405. The van der Waals surface area contributed by atoms with Crippen LogP contribution in [0.2, 0.25) is 0 Å². The summed E-state index contributed by atoms with van der Waals surface area (Å²) in [7, 11) is 0. The summed E-state index contributed by atoms with van der Waals surface area (Å²) in [6.07, 6.45) is 2.81. The highest BCUT2D eigenvalue weighted by Crippen LogP contribution is 2.29. The molecule has 0 amide bonds. The maximum absolute atomic E-state index is 13.5. The van der Waals surface area contributed by atoms with Crippen LogP contribution >= 0.6 is 0 Å². The van der Waals surface area contributed by atoms with Crippen LogP contribution in [-0.2, 0) is 0 Å². The van der Waals surface area contributed by atoms with Crippen molar-refractivity contribution in [3.8, 4) is 0 Å². The fourth-order valence-electron chi connectivity index (χ4n) is 2.63. The zero-order chi connectivity index (χ0) is 12.3. The van der Waals surface area contributed by atoms with Gasteiger partial charge in [-0.3, -0.25) is 4.79 Å². The summed E-state index contributed by atoms with van der Waals surface area (Å²) >= 11 is 0. The van der Waals surface area contributed by atoms with Crippen LogP contribution in [0.1, 0.15) is 41.6 Å². The number of nitrogens with zero attached hydrogens (tertiary/aromatic N) is 1. The molecule has 1 aromatic carbocycles. The van der Waals surface area contributed by atoms with Crippen LogP contribution in [0.25, 0.3) is 0 Å². The minimum Gasteiger partial charge on any atom is -0.303 e. The first-order valence-corrected chi connectivity index (χ1v) is 6.22. The second-order valence-electron chi connectivity index (χ2n) is 4.59. The van der Waals surface area contributed by atoms with Gasteiger partial charge in [-0.15, -0.1) is 0 Å². The normalized spacial score (nSPS) is 21.4. The van der Waals surface area contributed by atoms with E-state index in [9.17, 15) is 9.18 Å². The molecule has 1 heterocycles. The predicted molar refractivity (Wildman–Crippen MR) is 65.9 cm³/mol. The molecular weight excluding hydrogens is 217 g/mol. The first-order valence-electron chi connectivity index (χ1n) is 6.22. The van der Waals surface area contributed by atoms with E-state index in [-0.39, 0.29) is 5.56 Å². The molecule has 0 bridgehead atoms. The van der Waals surface area contributed by atoms with Crippen molar-refractivity contribution >= 4 is 6.29 Å². The number of likely N-dealkylation sites (tertiary alicyclic amines) is 1. The summed E-state index contributed by atoms with van der Waals surface area (Å²) in [5.41, 5.74) is 1.12. The van der Waals surface area contributed by atoms with E-state index >= 15 is 0 Å². The fraction of sp³-hybridized carbons (Fsp3) is 0.500. The van der Waals surface area contributed by atoms with E-state index in [4.69, 9.17) is 0 Å². The number of hydrogen-bond acceptors (Lipinski definition) is 2. The largest absolute Gasteiger partial charge is 0.303 e. The average molecular weight is 235 g/mol. The average Bonchev–Trinajstić information content (AvgIpc) is 2.38. The van der Waals surface area contributed by atoms with Crippen molar-refractivity contribution in [3.05, 3.63) is 35.1 Å². The number of halogens is 1. The second-order valence-corrected chi connectivity index (χ2v) is 4.59. The lowest BCUT2D eigenvalue weighted by atomic mass is 9.87. The minimum atomic E-state index is -0.397. The first kappa shape index (κ1) is 12.2. The summed E-state index contributed by atoms with van der Waals surface area (Å²) < 4.78 is 13.5. The molecule has 0 radical (unpaired) electrons. The Morgan fingerprint density at radius 1 is 1.53 bits per heavy atom. The van der Waals surface area contributed by atoms with E-state index in [0.717, 1.165) is 38.0 Å². The predicted octanol–water partition coefficient (Wildman–Crippen LogP) is 2.84. The lowest BCUT2D eigenvalue weighted by molar-refractivity contribution is 0.111. The molecule has 0 aromatic heterocycles. The van der Waals surface area contributed by atoms with Crippen molar-refractivity contribution in [2.75, 3.05) is 19.6 Å². The molecule has 0 spiro atoms. The van der Waals surface area contributed by atoms with E-state index in [0.29, 0.717) is 12.2 Å². The van der Waals surface area contributed by atoms with Crippen LogP contribution in [0, 0.1) is 5.82 Å². The highest BCUT2D eigenvalue weighted by molar-refractivity contribution is 5.78. The quantitative estimate of drug-likeness (QED) is 0.751. The van der Waals surface area contributed by atoms with Crippen LogP contribution in [-0.4, -0.2) is 30.8 Å². The van der Waals surface area contributed by atoms with Gasteiger partial charge < -0.3 is 4.90 Å². The highest BCUT2D eigenvalue weighted by atomic mass is 19.1. The molecule has 1 atom stereocenters. The number of aldehydes is 1. The Morgan fingerprint density at radius 3 is 3.06 bits per heavy atom. The third-order valence-electron chi connectivity index (χ3n) is 3.60. The summed E-state index contributed by atoms with van der Waals surface area (Å²) in [5, 5.41) is 0. The van der Waals surface area contributed by atoms with Gasteiger partial charge in [-0.25, -0.2) is 4.39 Å². The molecule has 0 N–H and O–H groups in total. The lowest BCUT2D eigenvalue weighted by Gasteiger charge is -2.32. The molecule has 1 aliphatic heterocycles. The molecule has 1 aromatic rings. The highest BCUT2D eigenvalue weighted by Gasteiger charge is 2.23. The Balaban J connectivity index is 2.27. The van der Waals surface area contributed by atoms with Crippen LogP contribution < -0.4 is 0 Å². The number of benzene rings is 1. The minimum absolute atomic E-state index is 0.246. The third kappa shape index (κ3) is 2.55. The van der Waals surface area contributed by atoms with Gasteiger partial charge in [0.05, 0.1) is 5.56 Å². The van der Waals surface area contributed by atoms with Crippen molar-refractivity contribution in [1.29, 1.82) is 0 Å². The van der Waals surface area contributed by atoms with Crippen LogP contribution in [0.4, 0.5) is 4.39 Å².